The van der Waals surface area contributed by atoms with E-state index in [0.29, 0.717) is 23.0 Å². The third kappa shape index (κ3) is 5.94. The van der Waals surface area contributed by atoms with Gasteiger partial charge in [0.05, 0.1) is 17.0 Å². The van der Waals surface area contributed by atoms with E-state index >= 15 is 0 Å². The van der Waals surface area contributed by atoms with Gasteiger partial charge in [0.25, 0.3) is 0 Å². The van der Waals surface area contributed by atoms with Crippen molar-refractivity contribution in [2.45, 2.75) is 26.2 Å². The predicted octanol–water partition coefficient (Wildman–Crippen LogP) is 11.5. The number of rotatable bonds is 8. The number of aromatic nitrogens is 4. The van der Waals surface area contributed by atoms with E-state index in [9.17, 15) is 5.26 Å². The maximum Gasteiger partial charge on any atom is 0.164 e. The highest BCUT2D eigenvalue weighted by molar-refractivity contribution is 5.95. The Morgan fingerprint density at radius 2 is 1.20 bits per heavy atom. The van der Waals surface area contributed by atoms with Crippen LogP contribution < -0.4 is 0 Å². The van der Waals surface area contributed by atoms with Crippen molar-refractivity contribution >= 4 is 0 Å². The number of allylic oxidation sites excluding steroid dienone is 6. The topological polar surface area (TPSA) is 75.3 Å². The fourth-order valence-corrected chi connectivity index (χ4v) is 7.59. The quantitative estimate of drug-likeness (QED) is 0.148. The van der Waals surface area contributed by atoms with Crippen LogP contribution in [0.3, 0.4) is 0 Å². The minimum Gasteiger partial charge on any atom is -0.264 e. The number of nitrogens with zero attached hydrogens (tertiary/aromatic N) is 5. The Bertz CT molecular complexity index is 2610. The van der Waals surface area contributed by atoms with Crippen molar-refractivity contribution in [1.29, 1.82) is 5.26 Å². The maximum atomic E-state index is 9.37. The van der Waals surface area contributed by atoms with Gasteiger partial charge >= 0.3 is 0 Å². The molecule has 0 N–H and O–H groups in total. The number of hydrogen-bond acceptors (Lipinski definition) is 5. The van der Waals surface area contributed by atoms with E-state index in [1.807, 2.05) is 49.6 Å². The number of fused-ring (bicyclic) bond motifs is 3. The highest BCUT2D eigenvalue weighted by Crippen LogP contribution is 2.58. The van der Waals surface area contributed by atoms with Crippen LogP contribution in [0.4, 0.5) is 0 Å². The average molecular weight is 696 g/mol. The summed E-state index contributed by atoms with van der Waals surface area (Å²) in [5, 5.41) is 9.37. The molecular formula is C49H37N5. The molecule has 258 valence electrons. The van der Waals surface area contributed by atoms with Crippen molar-refractivity contribution < 1.29 is 0 Å². The Labute approximate surface area is 316 Å². The van der Waals surface area contributed by atoms with Crippen molar-refractivity contribution in [3.8, 4) is 62.5 Å². The number of hydrogen-bond donors (Lipinski definition) is 0. The monoisotopic (exact) mass is 695 g/mol. The van der Waals surface area contributed by atoms with E-state index in [1.165, 1.54) is 27.8 Å². The Hall–Kier alpha value is -7.03. The van der Waals surface area contributed by atoms with Crippen LogP contribution in [0.15, 0.2) is 176 Å². The Kier molecular flexibility index (Phi) is 9.17. The van der Waals surface area contributed by atoms with Crippen LogP contribution >= 0.6 is 0 Å². The molecule has 8 rings (SSSR count). The minimum absolute atomic E-state index is 0.552. The summed E-state index contributed by atoms with van der Waals surface area (Å²) in [6.07, 6.45) is 14.6. The lowest BCUT2D eigenvalue weighted by atomic mass is 9.67. The lowest BCUT2D eigenvalue weighted by Crippen LogP contribution is -2.29. The molecule has 7 aromatic rings. The largest absolute Gasteiger partial charge is 0.264 e. The van der Waals surface area contributed by atoms with E-state index in [1.54, 1.807) is 12.1 Å². The van der Waals surface area contributed by atoms with Crippen LogP contribution in [-0.2, 0) is 5.41 Å². The lowest BCUT2D eigenvalue weighted by Gasteiger charge is -2.34. The van der Waals surface area contributed by atoms with Crippen LogP contribution in [0.5, 0.6) is 0 Å². The van der Waals surface area contributed by atoms with Crippen LogP contribution in [0.1, 0.15) is 41.7 Å². The number of nitriles is 1. The summed E-state index contributed by atoms with van der Waals surface area (Å²) in [6, 6.07) is 45.9. The highest BCUT2D eigenvalue weighted by Gasteiger charge is 2.47. The van der Waals surface area contributed by atoms with E-state index in [4.69, 9.17) is 15.0 Å². The molecule has 0 amide bonds. The molecule has 54 heavy (non-hydrogen) atoms. The summed E-state index contributed by atoms with van der Waals surface area (Å²) in [5.41, 5.74) is 13.2. The van der Waals surface area contributed by atoms with E-state index < -0.39 is 5.41 Å². The summed E-state index contributed by atoms with van der Waals surface area (Å²) < 4.78 is 0. The molecule has 0 aliphatic heterocycles. The van der Waals surface area contributed by atoms with Gasteiger partial charge in [0.2, 0.25) is 0 Å². The summed E-state index contributed by atoms with van der Waals surface area (Å²) in [5.74, 6) is 1.72. The molecule has 0 fully saturated rings. The summed E-state index contributed by atoms with van der Waals surface area (Å²) in [4.78, 5) is 19.4. The third-order valence-electron chi connectivity index (χ3n) is 10.1. The van der Waals surface area contributed by atoms with Crippen molar-refractivity contribution in [3.63, 3.8) is 0 Å². The maximum absolute atomic E-state index is 9.37. The second-order valence-corrected chi connectivity index (χ2v) is 13.4. The highest BCUT2D eigenvalue weighted by atomic mass is 15.0. The van der Waals surface area contributed by atoms with Gasteiger partial charge in [-0.05, 0) is 95.6 Å². The van der Waals surface area contributed by atoms with Gasteiger partial charge in [-0.3, -0.25) is 4.98 Å². The number of pyridine rings is 1. The molecule has 1 atom stereocenters. The van der Waals surface area contributed by atoms with Gasteiger partial charge in [0, 0.05) is 29.1 Å². The number of benzene rings is 5. The standard InChI is InChI=1S/C49H37N5/c1-4-6-12-39(11-5-2)49(40-13-10-30-51-32-40)43-16-8-7-14-42(43)45-41(15-9-17-44(45)49)35-26-28-38(29-27-35)48-53-46(36-22-18-33(3)19-23-36)52-47(54-48)37-24-20-34(31-50)21-25-37/h4-30,32H,1-3H3/b6-4-,11-5-,39-12+. The molecule has 5 heteroatoms. The van der Waals surface area contributed by atoms with Crippen LogP contribution in [0.2, 0.25) is 0 Å². The lowest BCUT2D eigenvalue weighted by molar-refractivity contribution is 0.761. The first-order valence-electron chi connectivity index (χ1n) is 18.1. The molecule has 1 aliphatic rings. The van der Waals surface area contributed by atoms with Gasteiger partial charge in [0.1, 0.15) is 0 Å². The van der Waals surface area contributed by atoms with Crippen molar-refractivity contribution in [2.75, 3.05) is 0 Å². The normalized spacial score (nSPS) is 15.0. The van der Waals surface area contributed by atoms with E-state index in [0.717, 1.165) is 38.9 Å². The second kappa shape index (κ2) is 14.5. The summed E-state index contributed by atoms with van der Waals surface area (Å²) >= 11 is 0. The van der Waals surface area contributed by atoms with Crippen LogP contribution in [-0.4, -0.2) is 19.9 Å². The Morgan fingerprint density at radius 3 is 1.81 bits per heavy atom. The van der Waals surface area contributed by atoms with Gasteiger partial charge in [0.15, 0.2) is 17.5 Å². The number of aryl methyl sites for hydroxylation is 1. The van der Waals surface area contributed by atoms with Gasteiger partial charge in [-0.2, -0.15) is 5.26 Å². The van der Waals surface area contributed by atoms with Gasteiger partial charge in [-0.15, -0.1) is 0 Å². The average Bonchev–Trinajstić information content (AvgIpc) is 3.54. The second-order valence-electron chi connectivity index (χ2n) is 13.4. The zero-order chi connectivity index (χ0) is 37.1. The molecule has 1 unspecified atom stereocenters. The van der Waals surface area contributed by atoms with Gasteiger partial charge in [-0.25, -0.2) is 15.0 Å². The fraction of sp³-hybridized carbons (Fsp3) is 0.0816. The van der Waals surface area contributed by atoms with Crippen molar-refractivity contribution in [2.24, 2.45) is 0 Å². The summed E-state index contributed by atoms with van der Waals surface area (Å²) in [7, 11) is 0. The molecular weight excluding hydrogens is 659 g/mol. The molecule has 2 aromatic heterocycles. The van der Waals surface area contributed by atoms with E-state index in [-0.39, 0.29) is 0 Å². The zero-order valence-corrected chi connectivity index (χ0v) is 30.4. The van der Waals surface area contributed by atoms with E-state index in [2.05, 4.69) is 140 Å². The Morgan fingerprint density at radius 1 is 0.611 bits per heavy atom. The van der Waals surface area contributed by atoms with Crippen LogP contribution in [0.25, 0.3) is 56.4 Å². The first-order valence-corrected chi connectivity index (χ1v) is 18.1. The Balaban J connectivity index is 1.28. The SMILES string of the molecule is C\C=C/C=C(\C=C/C)C1(c2cccnc2)c2ccccc2-c2c(-c3ccc(-c4nc(-c5ccc(C)cc5)nc(-c5ccc(C#N)cc5)n4)cc3)cccc21. The molecule has 0 saturated carbocycles. The molecule has 0 saturated heterocycles. The predicted molar refractivity (Wildman–Crippen MR) is 218 cm³/mol. The first kappa shape index (κ1) is 34.1. The van der Waals surface area contributed by atoms with Crippen LogP contribution in [0, 0.1) is 18.3 Å². The zero-order valence-electron chi connectivity index (χ0n) is 30.4. The molecule has 1 aliphatic carbocycles. The van der Waals surface area contributed by atoms with Gasteiger partial charge < -0.3 is 0 Å². The van der Waals surface area contributed by atoms with Crippen molar-refractivity contribution in [1.82, 2.24) is 19.9 Å². The minimum atomic E-state index is -0.568. The summed E-state index contributed by atoms with van der Waals surface area (Å²) in [6.45, 7) is 6.18. The molecule has 0 radical (unpaired) electrons. The molecule has 0 spiro atoms. The fourth-order valence-electron chi connectivity index (χ4n) is 7.59. The van der Waals surface area contributed by atoms with Crippen molar-refractivity contribution in [3.05, 3.63) is 204 Å². The smallest absolute Gasteiger partial charge is 0.164 e. The molecule has 0 bridgehead atoms. The van der Waals surface area contributed by atoms with Gasteiger partial charge in [-0.1, -0.05) is 133 Å². The molecule has 2 heterocycles. The first-order chi connectivity index (χ1) is 26.5. The molecule has 5 nitrogen and oxygen atoms in total. The molecule has 5 aromatic carbocycles. The third-order valence-corrected chi connectivity index (χ3v) is 10.1.